The Kier molecular flexibility index (Phi) is 4.47. The summed E-state index contributed by atoms with van der Waals surface area (Å²) in [4.78, 5) is 14.7. The molecule has 2 fully saturated rings. The number of amides is 1. The highest BCUT2D eigenvalue weighted by Gasteiger charge is 2.21. The Morgan fingerprint density at radius 1 is 1.10 bits per heavy atom. The van der Waals surface area contributed by atoms with Gasteiger partial charge in [0.25, 0.3) is 0 Å². The number of aryl methyl sites for hydroxylation is 1. The summed E-state index contributed by atoms with van der Waals surface area (Å²) in [5.41, 5.74) is 3.53. The SMILES string of the molecule is Cc1cc(NC(=O)C2CCCCC2)ccc1N1CCCC1. The molecule has 1 saturated carbocycles. The second-order valence-electron chi connectivity index (χ2n) is 6.52. The van der Waals surface area contributed by atoms with Gasteiger partial charge in [-0.25, -0.2) is 0 Å². The molecule has 1 amide bonds. The number of anilines is 2. The predicted octanol–water partition coefficient (Wildman–Crippen LogP) is 4.11. The molecule has 0 aromatic heterocycles. The number of benzene rings is 1. The van der Waals surface area contributed by atoms with E-state index in [0.29, 0.717) is 0 Å². The zero-order valence-electron chi connectivity index (χ0n) is 13.0. The van der Waals surface area contributed by atoms with Crippen molar-refractivity contribution in [1.82, 2.24) is 0 Å². The lowest BCUT2D eigenvalue weighted by molar-refractivity contribution is -0.120. The van der Waals surface area contributed by atoms with Gasteiger partial charge in [-0.05, 0) is 56.4 Å². The molecular weight excluding hydrogens is 260 g/mol. The van der Waals surface area contributed by atoms with Gasteiger partial charge in [-0.1, -0.05) is 19.3 Å². The predicted molar refractivity (Wildman–Crippen MR) is 87.8 cm³/mol. The summed E-state index contributed by atoms with van der Waals surface area (Å²) in [6, 6.07) is 6.34. The van der Waals surface area contributed by atoms with Crippen molar-refractivity contribution < 1.29 is 4.79 Å². The van der Waals surface area contributed by atoms with Crippen LogP contribution in [0.2, 0.25) is 0 Å². The summed E-state index contributed by atoms with van der Waals surface area (Å²) in [7, 11) is 0. The summed E-state index contributed by atoms with van der Waals surface area (Å²) in [6.07, 6.45) is 8.37. The van der Waals surface area contributed by atoms with Gasteiger partial charge in [0.2, 0.25) is 5.91 Å². The minimum Gasteiger partial charge on any atom is -0.371 e. The van der Waals surface area contributed by atoms with E-state index in [1.54, 1.807) is 0 Å². The first-order chi connectivity index (χ1) is 10.2. The maximum Gasteiger partial charge on any atom is 0.227 e. The lowest BCUT2D eigenvalue weighted by Gasteiger charge is -2.22. The van der Waals surface area contributed by atoms with Gasteiger partial charge >= 0.3 is 0 Å². The molecule has 1 heterocycles. The first kappa shape index (κ1) is 14.4. The van der Waals surface area contributed by atoms with E-state index in [2.05, 4.69) is 35.3 Å². The molecule has 0 spiro atoms. The number of carbonyl (C=O) groups is 1. The normalized spacial score (nSPS) is 19.8. The highest BCUT2D eigenvalue weighted by molar-refractivity contribution is 5.93. The Labute approximate surface area is 127 Å². The van der Waals surface area contributed by atoms with Crippen LogP contribution >= 0.6 is 0 Å². The Balaban J connectivity index is 1.65. The third kappa shape index (κ3) is 3.39. The van der Waals surface area contributed by atoms with Crippen molar-refractivity contribution >= 4 is 17.3 Å². The fraction of sp³-hybridized carbons (Fsp3) is 0.611. The monoisotopic (exact) mass is 286 g/mol. The maximum atomic E-state index is 12.3. The number of nitrogens with zero attached hydrogens (tertiary/aromatic N) is 1. The van der Waals surface area contributed by atoms with Gasteiger partial charge in [0.1, 0.15) is 0 Å². The molecule has 2 aliphatic rings. The third-order valence-electron chi connectivity index (χ3n) is 4.89. The van der Waals surface area contributed by atoms with Gasteiger partial charge in [-0.3, -0.25) is 4.79 Å². The molecule has 0 atom stereocenters. The average Bonchev–Trinajstić information content (AvgIpc) is 3.02. The third-order valence-corrected chi connectivity index (χ3v) is 4.89. The van der Waals surface area contributed by atoms with Crippen molar-refractivity contribution in [2.24, 2.45) is 5.92 Å². The molecule has 1 aliphatic carbocycles. The van der Waals surface area contributed by atoms with Crippen LogP contribution in [0, 0.1) is 12.8 Å². The molecule has 3 heteroatoms. The quantitative estimate of drug-likeness (QED) is 0.906. The molecule has 1 aromatic rings. The summed E-state index contributed by atoms with van der Waals surface area (Å²) in [5, 5.41) is 3.11. The summed E-state index contributed by atoms with van der Waals surface area (Å²) < 4.78 is 0. The van der Waals surface area contributed by atoms with Crippen LogP contribution in [-0.2, 0) is 4.79 Å². The molecule has 0 bridgehead atoms. The first-order valence-corrected chi connectivity index (χ1v) is 8.40. The lowest BCUT2D eigenvalue weighted by Crippen LogP contribution is -2.25. The van der Waals surface area contributed by atoms with E-state index in [-0.39, 0.29) is 11.8 Å². The molecule has 1 aliphatic heterocycles. The van der Waals surface area contributed by atoms with Gasteiger partial charge in [-0.15, -0.1) is 0 Å². The largest absolute Gasteiger partial charge is 0.371 e. The highest BCUT2D eigenvalue weighted by atomic mass is 16.1. The minimum atomic E-state index is 0.211. The zero-order chi connectivity index (χ0) is 14.7. The molecule has 3 rings (SSSR count). The Morgan fingerprint density at radius 2 is 1.81 bits per heavy atom. The van der Waals surface area contributed by atoms with Crippen LogP contribution in [0.1, 0.15) is 50.5 Å². The van der Waals surface area contributed by atoms with Gasteiger partial charge in [0.05, 0.1) is 0 Å². The molecule has 1 saturated heterocycles. The molecule has 114 valence electrons. The van der Waals surface area contributed by atoms with E-state index in [1.165, 1.54) is 43.4 Å². The van der Waals surface area contributed by atoms with Crippen molar-refractivity contribution in [1.29, 1.82) is 0 Å². The standard InChI is InChI=1S/C18H26N2O/c1-14-13-16(9-10-17(14)20-11-5-6-12-20)19-18(21)15-7-3-2-4-8-15/h9-10,13,15H,2-8,11-12H2,1H3,(H,19,21). The maximum absolute atomic E-state index is 12.3. The second kappa shape index (κ2) is 6.50. The van der Waals surface area contributed by atoms with Crippen LogP contribution in [-0.4, -0.2) is 19.0 Å². The lowest BCUT2D eigenvalue weighted by atomic mass is 9.88. The molecule has 1 N–H and O–H groups in total. The van der Waals surface area contributed by atoms with E-state index in [4.69, 9.17) is 0 Å². The highest BCUT2D eigenvalue weighted by Crippen LogP contribution is 2.28. The fourth-order valence-electron chi connectivity index (χ4n) is 3.66. The van der Waals surface area contributed by atoms with E-state index in [0.717, 1.165) is 31.6 Å². The number of hydrogen-bond donors (Lipinski definition) is 1. The molecule has 21 heavy (non-hydrogen) atoms. The van der Waals surface area contributed by atoms with E-state index < -0.39 is 0 Å². The molecule has 0 radical (unpaired) electrons. The smallest absolute Gasteiger partial charge is 0.227 e. The van der Waals surface area contributed by atoms with Crippen molar-refractivity contribution in [2.75, 3.05) is 23.3 Å². The number of nitrogens with one attached hydrogen (secondary N) is 1. The zero-order valence-corrected chi connectivity index (χ0v) is 13.0. The average molecular weight is 286 g/mol. The van der Waals surface area contributed by atoms with Crippen LogP contribution in [0.25, 0.3) is 0 Å². The van der Waals surface area contributed by atoms with Crippen LogP contribution in [0.15, 0.2) is 18.2 Å². The van der Waals surface area contributed by atoms with Gasteiger partial charge in [0.15, 0.2) is 0 Å². The summed E-state index contributed by atoms with van der Waals surface area (Å²) >= 11 is 0. The Bertz CT molecular complexity index is 500. The van der Waals surface area contributed by atoms with Crippen LogP contribution in [0.5, 0.6) is 0 Å². The molecule has 3 nitrogen and oxygen atoms in total. The van der Waals surface area contributed by atoms with E-state index in [9.17, 15) is 4.79 Å². The fourth-order valence-corrected chi connectivity index (χ4v) is 3.66. The molecule has 0 unspecified atom stereocenters. The van der Waals surface area contributed by atoms with Crippen molar-refractivity contribution in [3.05, 3.63) is 23.8 Å². The minimum absolute atomic E-state index is 0.211. The van der Waals surface area contributed by atoms with Gasteiger partial charge in [0, 0.05) is 30.4 Å². The second-order valence-corrected chi connectivity index (χ2v) is 6.52. The van der Waals surface area contributed by atoms with Crippen LogP contribution in [0.3, 0.4) is 0 Å². The van der Waals surface area contributed by atoms with Crippen molar-refractivity contribution in [2.45, 2.75) is 51.9 Å². The van der Waals surface area contributed by atoms with E-state index >= 15 is 0 Å². The molecule has 1 aromatic carbocycles. The summed E-state index contributed by atoms with van der Waals surface area (Å²) in [6.45, 7) is 4.47. The first-order valence-electron chi connectivity index (χ1n) is 8.40. The van der Waals surface area contributed by atoms with Crippen LogP contribution < -0.4 is 10.2 Å². The van der Waals surface area contributed by atoms with Gasteiger partial charge < -0.3 is 10.2 Å². The van der Waals surface area contributed by atoms with Crippen molar-refractivity contribution in [3.8, 4) is 0 Å². The van der Waals surface area contributed by atoms with Crippen LogP contribution in [0.4, 0.5) is 11.4 Å². The number of hydrogen-bond acceptors (Lipinski definition) is 2. The van der Waals surface area contributed by atoms with E-state index in [1.807, 2.05) is 0 Å². The summed E-state index contributed by atoms with van der Waals surface area (Å²) in [5.74, 6) is 0.431. The molecular formula is C18H26N2O. The topological polar surface area (TPSA) is 32.3 Å². The Morgan fingerprint density at radius 3 is 2.48 bits per heavy atom. The number of carbonyl (C=O) groups excluding carboxylic acids is 1. The van der Waals surface area contributed by atoms with Gasteiger partial charge in [-0.2, -0.15) is 0 Å². The van der Waals surface area contributed by atoms with Crippen molar-refractivity contribution in [3.63, 3.8) is 0 Å². The number of rotatable bonds is 3. The Hall–Kier alpha value is -1.51.